The molecule has 2 amide bonds. The number of hydrogen-bond acceptors (Lipinski definition) is 3. The van der Waals surface area contributed by atoms with E-state index in [4.69, 9.17) is 5.73 Å². The average molecular weight is 380 g/mol. The number of amides is 2. The van der Waals surface area contributed by atoms with Crippen LogP contribution in [0.25, 0.3) is 0 Å². The molecular weight excluding hydrogens is 358 g/mol. The number of likely N-dealkylation sites (tertiary alicyclic amines) is 1. The molecular formula is C17H22BrN3O2. The number of nitrogens with two attached hydrogens (primary N) is 1. The third-order valence-electron chi connectivity index (χ3n) is 4.78. The molecule has 2 aliphatic rings. The Morgan fingerprint density at radius 3 is 2.65 bits per heavy atom. The lowest BCUT2D eigenvalue weighted by atomic mass is 10.0. The monoisotopic (exact) mass is 379 g/mol. The number of benzene rings is 1. The quantitative estimate of drug-likeness (QED) is 0.854. The Labute approximate surface area is 144 Å². The van der Waals surface area contributed by atoms with Crippen LogP contribution in [-0.2, 0) is 9.59 Å². The molecule has 1 aromatic carbocycles. The molecule has 2 saturated heterocycles. The fraction of sp³-hybridized carbons (Fsp3) is 0.529. The predicted molar refractivity (Wildman–Crippen MR) is 93.1 cm³/mol. The summed E-state index contributed by atoms with van der Waals surface area (Å²) >= 11 is 3.47. The summed E-state index contributed by atoms with van der Waals surface area (Å²) in [5.41, 5.74) is 7.84. The summed E-state index contributed by atoms with van der Waals surface area (Å²) in [5, 5.41) is 0. The van der Waals surface area contributed by atoms with Crippen molar-refractivity contribution in [1.82, 2.24) is 4.90 Å². The molecule has 0 saturated carbocycles. The minimum atomic E-state index is -0.235. The second-order valence-corrected chi connectivity index (χ2v) is 7.36. The molecule has 5 nitrogen and oxygen atoms in total. The maximum Gasteiger partial charge on any atom is 0.228 e. The van der Waals surface area contributed by atoms with Gasteiger partial charge in [-0.1, -0.05) is 15.9 Å². The number of anilines is 1. The Hall–Kier alpha value is -1.40. The summed E-state index contributed by atoms with van der Waals surface area (Å²) in [6, 6.07) is 6.04. The second kappa shape index (κ2) is 6.61. The highest BCUT2D eigenvalue weighted by molar-refractivity contribution is 9.10. The van der Waals surface area contributed by atoms with Crippen molar-refractivity contribution in [1.29, 1.82) is 0 Å². The smallest absolute Gasteiger partial charge is 0.228 e. The molecule has 23 heavy (non-hydrogen) atoms. The number of hydrogen-bond donors (Lipinski definition) is 1. The molecule has 0 aliphatic carbocycles. The summed E-state index contributed by atoms with van der Waals surface area (Å²) < 4.78 is 1.02. The first-order valence-corrected chi connectivity index (χ1v) is 8.86. The maximum absolute atomic E-state index is 12.6. The highest BCUT2D eigenvalue weighted by Crippen LogP contribution is 2.29. The number of aryl methyl sites for hydroxylation is 1. The van der Waals surface area contributed by atoms with E-state index in [1.807, 2.05) is 30.0 Å². The zero-order chi connectivity index (χ0) is 16.6. The van der Waals surface area contributed by atoms with E-state index in [-0.39, 0.29) is 23.8 Å². The van der Waals surface area contributed by atoms with Gasteiger partial charge in [0.15, 0.2) is 0 Å². The van der Waals surface area contributed by atoms with Crippen LogP contribution in [0.5, 0.6) is 0 Å². The Bertz CT molecular complexity index is 626. The second-order valence-electron chi connectivity index (χ2n) is 6.50. The van der Waals surface area contributed by atoms with Crippen LogP contribution in [0.4, 0.5) is 5.69 Å². The van der Waals surface area contributed by atoms with Crippen LogP contribution in [0.3, 0.4) is 0 Å². The van der Waals surface area contributed by atoms with E-state index in [1.165, 1.54) is 0 Å². The molecule has 0 aromatic heterocycles. The van der Waals surface area contributed by atoms with Crippen molar-refractivity contribution in [3.05, 3.63) is 28.2 Å². The molecule has 0 radical (unpaired) electrons. The molecule has 1 unspecified atom stereocenters. The maximum atomic E-state index is 12.6. The van der Waals surface area contributed by atoms with Crippen LogP contribution in [0, 0.1) is 12.8 Å². The average Bonchev–Trinajstić information content (AvgIpc) is 2.92. The number of piperidine rings is 1. The lowest BCUT2D eigenvalue weighted by Gasteiger charge is -2.31. The molecule has 0 spiro atoms. The van der Waals surface area contributed by atoms with Gasteiger partial charge < -0.3 is 15.5 Å². The van der Waals surface area contributed by atoms with Gasteiger partial charge in [0.2, 0.25) is 11.8 Å². The summed E-state index contributed by atoms with van der Waals surface area (Å²) in [7, 11) is 0. The molecule has 2 aliphatic heterocycles. The number of nitrogens with zero attached hydrogens (tertiary/aromatic N) is 2. The van der Waals surface area contributed by atoms with Gasteiger partial charge >= 0.3 is 0 Å². The van der Waals surface area contributed by atoms with Gasteiger partial charge in [-0.2, -0.15) is 0 Å². The number of halogens is 1. The first kappa shape index (κ1) is 16.5. The third kappa shape index (κ3) is 3.43. The Balaban J connectivity index is 1.69. The van der Waals surface area contributed by atoms with Gasteiger partial charge in [0.05, 0.1) is 5.92 Å². The van der Waals surface area contributed by atoms with Crippen LogP contribution in [0.2, 0.25) is 0 Å². The molecule has 1 atom stereocenters. The van der Waals surface area contributed by atoms with Gasteiger partial charge in [-0.15, -0.1) is 0 Å². The molecule has 2 fully saturated rings. The van der Waals surface area contributed by atoms with Crippen LogP contribution < -0.4 is 10.6 Å². The molecule has 1 aromatic rings. The van der Waals surface area contributed by atoms with Gasteiger partial charge in [0.25, 0.3) is 0 Å². The van der Waals surface area contributed by atoms with Crippen molar-refractivity contribution in [3.63, 3.8) is 0 Å². The standard InChI is InChI=1S/C17H22BrN3O2/c1-11-8-14(2-3-15(11)18)21-10-12(9-16(21)22)17(23)20-6-4-13(19)5-7-20/h2-3,8,12-13H,4-7,9-10,19H2,1H3. The van der Waals surface area contributed by atoms with Gasteiger partial charge in [0.1, 0.15) is 0 Å². The molecule has 2 heterocycles. The number of carbonyl (C=O) groups is 2. The third-order valence-corrected chi connectivity index (χ3v) is 5.67. The van der Waals surface area contributed by atoms with E-state index < -0.39 is 0 Å². The van der Waals surface area contributed by atoms with E-state index in [9.17, 15) is 9.59 Å². The molecule has 124 valence electrons. The SMILES string of the molecule is Cc1cc(N2CC(C(=O)N3CCC(N)CC3)CC2=O)ccc1Br. The molecule has 6 heteroatoms. The first-order chi connectivity index (χ1) is 11.0. The van der Waals surface area contributed by atoms with E-state index in [2.05, 4.69) is 15.9 Å². The fourth-order valence-corrected chi connectivity index (χ4v) is 3.54. The van der Waals surface area contributed by atoms with Crippen molar-refractivity contribution in [2.45, 2.75) is 32.2 Å². The van der Waals surface area contributed by atoms with E-state index in [1.54, 1.807) is 4.90 Å². The largest absolute Gasteiger partial charge is 0.342 e. The Morgan fingerprint density at radius 2 is 2.00 bits per heavy atom. The van der Waals surface area contributed by atoms with Gasteiger partial charge in [-0.25, -0.2) is 0 Å². The minimum Gasteiger partial charge on any atom is -0.342 e. The number of rotatable bonds is 2. The zero-order valence-electron chi connectivity index (χ0n) is 13.3. The lowest BCUT2D eigenvalue weighted by Crippen LogP contribution is -2.45. The first-order valence-electron chi connectivity index (χ1n) is 8.06. The summed E-state index contributed by atoms with van der Waals surface area (Å²) in [6.45, 7) is 3.89. The van der Waals surface area contributed by atoms with Crippen LogP contribution >= 0.6 is 15.9 Å². The zero-order valence-corrected chi connectivity index (χ0v) is 14.9. The van der Waals surface area contributed by atoms with Crippen LogP contribution in [0.15, 0.2) is 22.7 Å². The predicted octanol–water partition coefficient (Wildman–Crippen LogP) is 2.06. The Kier molecular flexibility index (Phi) is 4.73. The van der Waals surface area contributed by atoms with Crippen LogP contribution in [0.1, 0.15) is 24.8 Å². The molecule has 2 N–H and O–H groups in total. The van der Waals surface area contributed by atoms with Crippen molar-refractivity contribution < 1.29 is 9.59 Å². The van der Waals surface area contributed by atoms with E-state index in [0.717, 1.165) is 28.6 Å². The normalized spacial score (nSPS) is 22.7. The summed E-state index contributed by atoms with van der Waals surface area (Å²) in [5.74, 6) is -0.110. The topological polar surface area (TPSA) is 66.6 Å². The summed E-state index contributed by atoms with van der Waals surface area (Å²) in [6.07, 6.45) is 2.00. The van der Waals surface area contributed by atoms with Gasteiger partial charge in [-0.05, 0) is 43.5 Å². The van der Waals surface area contributed by atoms with E-state index in [0.29, 0.717) is 26.1 Å². The van der Waals surface area contributed by atoms with Crippen molar-refractivity contribution in [2.24, 2.45) is 11.7 Å². The lowest BCUT2D eigenvalue weighted by molar-refractivity contribution is -0.136. The Morgan fingerprint density at radius 1 is 1.30 bits per heavy atom. The number of carbonyl (C=O) groups excluding carboxylic acids is 2. The van der Waals surface area contributed by atoms with Crippen LogP contribution in [-0.4, -0.2) is 42.4 Å². The van der Waals surface area contributed by atoms with Gasteiger partial charge in [-0.3, -0.25) is 9.59 Å². The highest BCUT2D eigenvalue weighted by atomic mass is 79.9. The van der Waals surface area contributed by atoms with Crippen molar-refractivity contribution >= 4 is 33.4 Å². The molecule has 3 rings (SSSR count). The highest BCUT2D eigenvalue weighted by Gasteiger charge is 2.37. The van der Waals surface area contributed by atoms with Gasteiger partial charge in [0, 0.05) is 42.3 Å². The summed E-state index contributed by atoms with van der Waals surface area (Å²) in [4.78, 5) is 28.6. The molecule has 0 bridgehead atoms. The minimum absolute atomic E-state index is 0.0267. The van der Waals surface area contributed by atoms with Crippen molar-refractivity contribution in [3.8, 4) is 0 Å². The fourth-order valence-electron chi connectivity index (χ4n) is 3.30. The van der Waals surface area contributed by atoms with Crippen molar-refractivity contribution in [2.75, 3.05) is 24.5 Å². The van der Waals surface area contributed by atoms with E-state index >= 15 is 0 Å².